The van der Waals surface area contributed by atoms with Crippen LogP contribution in [0.4, 0.5) is 10.1 Å². The van der Waals surface area contributed by atoms with E-state index in [1.165, 1.54) is 29.3 Å². The Labute approximate surface area is 139 Å². The van der Waals surface area contributed by atoms with Crippen molar-refractivity contribution in [3.05, 3.63) is 65.0 Å². The van der Waals surface area contributed by atoms with Crippen LogP contribution in [0.5, 0.6) is 0 Å². The normalized spacial score (nSPS) is 21.6. The number of amides is 2. The fourth-order valence-corrected chi connectivity index (χ4v) is 3.56. The molecule has 0 radical (unpaired) electrons. The van der Waals surface area contributed by atoms with Crippen molar-refractivity contribution in [1.82, 2.24) is 5.32 Å². The zero-order valence-corrected chi connectivity index (χ0v) is 13.0. The molecule has 0 spiro atoms. The molecule has 1 heterocycles. The van der Waals surface area contributed by atoms with Crippen LogP contribution in [-0.2, 0) is 22.4 Å². The number of carbonyl (C=O) groups is 2. The molecule has 2 aromatic rings. The number of hydrogen-bond donors (Lipinski definition) is 2. The first-order valence-corrected chi connectivity index (χ1v) is 8.09. The van der Waals surface area contributed by atoms with Crippen LogP contribution in [0.25, 0.3) is 0 Å². The number of anilines is 1. The molecule has 0 saturated heterocycles. The summed E-state index contributed by atoms with van der Waals surface area (Å²) in [5.41, 5.74) is 3.52. The summed E-state index contributed by atoms with van der Waals surface area (Å²) in [5, 5.41) is 5.47. The van der Waals surface area contributed by atoms with Crippen molar-refractivity contribution >= 4 is 17.5 Å². The number of halogens is 1. The van der Waals surface area contributed by atoms with E-state index in [1.807, 2.05) is 18.2 Å². The van der Waals surface area contributed by atoms with Gasteiger partial charge in [-0.3, -0.25) is 9.59 Å². The molecule has 2 N–H and O–H groups in total. The Morgan fingerprint density at radius 3 is 2.79 bits per heavy atom. The second-order valence-electron chi connectivity index (χ2n) is 6.37. The van der Waals surface area contributed by atoms with Crippen molar-refractivity contribution in [1.29, 1.82) is 0 Å². The molecule has 2 aromatic carbocycles. The third-order valence-corrected chi connectivity index (χ3v) is 4.85. The molecule has 2 unspecified atom stereocenters. The molecule has 0 bridgehead atoms. The molecule has 2 amide bonds. The van der Waals surface area contributed by atoms with Gasteiger partial charge in [0.15, 0.2) is 0 Å². The number of hydrogen-bond acceptors (Lipinski definition) is 2. The molecule has 2 aliphatic rings. The van der Waals surface area contributed by atoms with Crippen molar-refractivity contribution in [3.63, 3.8) is 0 Å². The van der Waals surface area contributed by atoms with Crippen LogP contribution in [0.2, 0.25) is 0 Å². The first-order chi connectivity index (χ1) is 11.6. The lowest BCUT2D eigenvalue weighted by Gasteiger charge is -2.25. The quantitative estimate of drug-likeness (QED) is 0.892. The zero-order chi connectivity index (χ0) is 16.7. The number of benzene rings is 2. The zero-order valence-electron chi connectivity index (χ0n) is 13.0. The van der Waals surface area contributed by atoms with Crippen molar-refractivity contribution in [2.24, 2.45) is 5.92 Å². The largest absolute Gasteiger partial charge is 0.340 e. The van der Waals surface area contributed by atoms with Gasteiger partial charge in [-0.1, -0.05) is 24.3 Å². The lowest BCUT2D eigenvalue weighted by molar-refractivity contribution is -0.129. The van der Waals surface area contributed by atoms with Crippen molar-refractivity contribution in [2.75, 3.05) is 5.32 Å². The van der Waals surface area contributed by atoms with E-state index in [1.54, 1.807) is 0 Å². The Morgan fingerprint density at radius 1 is 1.17 bits per heavy atom. The third-order valence-electron chi connectivity index (χ3n) is 4.85. The van der Waals surface area contributed by atoms with Crippen LogP contribution >= 0.6 is 0 Å². The molecule has 2 atom stereocenters. The number of fused-ring (bicyclic) bond motifs is 2. The Morgan fingerprint density at radius 2 is 1.96 bits per heavy atom. The Hall–Kier alpha value is -2.69. The topological polar surface area (TPSA) is 58.2 Å². The molecule has 122 valence electrons. The van der Waals surface area contributed by atoms with Gasteiger partial charge in [0.25, 0.3) is 5.91 Å². The van der Waals surface area contributed by atoms with Crippen LogP contribution in [0.3, 0.4) is 0 Å². The molecule has 0 fully saturated rings. The molecule has 1 aliphatic heterocycles. The average Bonchev–Trinajstić information content (AvgIpc) is 2.89. The van der Waals surface area contributed by atoms with E-state index in [-0.39, 0.29) is 17.7 Å². The van der Waals surface area contributed by atoms with Crippen molar-refractivity contribution < 1.29 is 14.0 Å². The molecule has 5 heteroatoms. The Kier molecular flexibility index (Phi) is 3.56. The smallest absolute Gasteiger partial charge is 0.251 e. The van der Waals surface area contributed by atoms with Crippen molar-refractivity contribution in [3.8, 4) is 0 Å². The average molecular weight is 324 g/mol. The standard InChI is InChI=1S/C19H17FN2O2/c20-14-7-8-16-15(10-14)17(19(24)21-16)22-18(23)13-6-5-11-3-1-2-4-12(11)9-13/h1-4,7-8,10,13,17H,5-6,9H2,(H,21,24)(H,22,23). The van der Waals surface area contributed by atoms with Gasteiger partial charge in [0.05, 0.1) is 0 Å². The summed E-state index contributed by atoms with van der Waals surface area (Å²) in [6.45, 7) is 0. The molecular weight excluding hydrogens is 307 g/mol. The van der Waals surface area contributed by atoms with E-state index in [9.17, 15) is 14.0 Å². The predicted octanol–water partition coefficient (Wildman–Crippen LogP) is 2.74. The summed E-state index contributed by atoms with van der Waals surface area (Å²) >= 11 is 0. The molecule has 1 aliphatic carbocycles. The summed E-state index contributed by atoms with van der Waals surface area (Å²) < 4.78 is 13.5. The van der Waals surface area contributed by atoms with Crippen molar-refractivity contribution in [2.45, 2.75) is 25.3 Å². The summed E-state index contributed by atoms with van der Waals surface area (Å²) in [6.07, 6.45) is 2.29. The summed E-state index contributed by atoms with van der Waals surface area (Å²) in [5.74, 6) is -1.05. The van der Waals surface area contributed by atoms with Gasteiger partial charge in [0.1, 0.15) is 11.9 Å². The molecule has 0 saturated carbocycles. The number of rotatable bonds is 2. The van der Waals surface area contributed by atoms with E-state index in [0.29, 0.717) is 17.7 Å². The van der Waals surface area contributed by atoms with Crippen LogP contribution < -0.4 is 10.6 Å². The Balaban J connectivity index is 1.52. The third kappa shape index (κ3) is 2.56. The molecule has 4 nitrogen and oxygen atoms in total. The number of aryl methyl sites for hydroxylation is 1. The highest BCUT2D eigenvalue weighted by molar-refractivity contribution is 6.04. The fraction of sp³-hybridized carbons (Fsp3) is 0.263. The fourth-order valence-electron chi connectivity index (χ4n) is 3.56. The van der Waals surface area contributed by atoms with E-state index in [0.717, 1.165) is 12.8 Å². The number of carbonyl (C=O) groups excluding carboxylic acids is 2. The molecule has 4 rings (SSSR count). The van der Waals surface area contributed by atoms with Crippen LogP contribution in [0, 0.1) is 11.7 Å². The van der Waals surface area contributed by atoms with Gasteiger partial charge in [-0.15, -0.1) is 0 Å². The molecule has 24 heavy (non-hydrogen) atoms. The summed E-state index contributed by atoms with van der Waals surface area (Å²) in [4.78, 5) is 24.7. The van der Waals surface area contributed by atoms with E-state index in [4.69, 9.17) is 0 Å². The summed E-state index contributed by atoms with van der Waals surface area (Å²) in [6, 6.07) is 11.4. The monoisotopic (exact) mass is 324 g/mol. The van der Waals surface area contributed by atoms with E-state index >= 15 is 0 Å². The molecule has 0 aromatic heterocycles. The minimum absolute atomic E-state index is 0.151. The lowest BCUT2D eigenvalue weighted by Crippen LogP contribution is -2.39. The van der Waals surface area contributed by atoms with Crippen LogP contribution in [0.15, 0.2) is 42.5 Å². The second-order valence-corrected chi connectivity index (χ2v) is 6.37. The van der Waals surface area contributed by atoms with Gasteiger partial charge in [0, 0.05) is 17.2 Å². The maximum absolute atomic E-state index is 13.5. The van der Waals surface area contributed by atoms with Gasteiger partial charge >= 0.3 is 0 Å². The summed E-state index contributed by atoms with van der Waals surface area (Å²) in [7, 11) is 0. The first kappa shape index (κ1) is 14.9. The van der Waals surface area contributed by atoms with Gasteiger partial charge in [-0.05, 0) is 48.6 Å². The van der Waals surface area contributed by atoms with Gasteiger partial charge in [-0.2, -0.15) is 0 Å². The van der Waals surface area contributed by atoms with Gasteiger partial charge in [0.2, 0.25) is 5.91 Å². The van der Waals surface area contributed by atoms with E-state index < -0.39 is 11.9 Å². The van der Waals surface area contributed by atoms with Gasteiger partial charge < -0.3 is 10.6 Å². The lowest BCUT2D eigenvalue weighted by atomic mass is 9.83. The SMILES string of the molecule is O=C(NC1C(=O)Nc2ccc(F)cc21)C1CCc2ccccc2C1. The molecular formula is C19H17FN2O2. The highest BCUT2D eigenvalue weighted by atomic mass is 19.1. The first-order valence-electron chi connectivity index (χ1n) is 8.09. The second kappa shape index (κ2) is 5.74. The predicted molar refractivity (Wildman–Crippen MR) is 87.9 cm³/mol. The number of nitrogens with one attached hydrogen (secondary N) is 2. The maximum atomic E-state index is 13.5. The minimum atomic E-state index is -0.819. The highest BCUT2D eigenvalue weighted by Crippen LogP contribution is 2.32. The Bertz CT molecular complexity index is 834. The van der Waals surface area contributed by atoms with E-state index in [2.05, 4.69) is 16.7 Å². The van der Waals surface area contributed by atoms with Gasteiger partial charge in [-0.25, -0.2) is 4.39 Å². The highest BCUT2D eigenvalue weighted by Gasteiger charge is 2.34. The maximum Gasteiger partial charge on any atom is 0.251 e. The van der Waals surface area contributed by atoms with Crippen LogP contribution in [0.1, 0.15) is 29.2 Å². The van der Waals surface area contributed by atoms with Crippen LogP contribution in [-0.4, -0.2) is 11.8 Å². The minimum Gasteiger partial charge on any atom is -0.340 e.